The lowest BCUT2D eigenvalue weighted by Gasteiger charge is -2.07. The van der Waals surface area contributed by atoms with Crippen LogP contribution in [0.1, 0.15) is 10.4 Å². The van der Waals surface area contributed by atoms with Crippen molar-refractivity contribution in [1.82, 2.24) is 0 Å². The molecule has 1 heterocycles. The van der Waals surface area contributed by atoms with Gasteiger partial charge in [-0.15, -0.1) is 0 Å². The largest absolute Gasteiger partial charge is 0.414 e. The number of rotatable bonds is 4. The zero-order chi connectivity index (χ0) is 19.7. The number of non-ortho nitro benzene ring substituents is 2. The van der Waals surface area contributed by atoms with Crippen LogP contribution in [0.4, 0.5) is 17.1 Å². The van der Waals surface area contributed by atoms with Crippen molar-refractivity contribution in [3.05, 3.63) is 83.7 Å². The van der Waals surface area contributed by atoms with Crippen molar-refractivity contribution in [3.63, 3.8) is 0 Å². The molecule has 0 saturated carbocycles. The first-order valence-electron chi connectivity index (χ1n) is 7.24. The summed E-state index contributed by atoms with van der Waals surface area (Å²) in [6, 6.07) is 8.50. The van der Waals surface area contributed by atoms with Crippen LogP contribution in [0, 0.1) is 20.2 Å². The molecule has 0 fully saturated rings. The van der Waals surface area contributed by atoms with E-state index in [4.69, 9.17) is 16.0 Å². The summed E-state index contributed by atoms with van der Waals surface area (Å²) in [7, 11) is 0. The molecular formula is C16H8ClN3O7. The minimum Gasteiger partial charge on any atom is -0.414 e. The topological polar surface area (TPSA) is 146 Å². The van der Waals surface area contributed by atoms with Gasteiger partial charge in [0.25, 0.3) is 11.6 Å². The second kappa shape index (κ2) is 6.84. The third-order valence-electron chi connectivity index (χ3n) is 3.59. The van der Waals surface area contributed by atoms with Gasteiger partial charge in [0.15, 0.2) is 0 Å². The highest BCUT2D eigenvalue weighted by Gasteiger charge is 2.20. The average Bonchev–Trinajstić information content (AvgIpc) is 2.61. The average molecular weight is 390 g/mol. The zero-order valence-electron chi connectivity index (χ0n) is 13.2. The number of nitrogens with one attached hydrogen (secondary N) is 1. The van der Waals surface area contributed by atoms with Gasteiger partial charge in [0.2, 0.25) is 5.58 Å². The summed E-state index contributed by atoms with van der Waals surface area (Å²) in [6.45, 7) is 0. The number of hydrogen-bond donors (Lipinski definition) is 1. The molecule has 0 spiro atoms. The molecule has 11 heteroatoms. The molecule has 0 radical (unpaired) electrons. The molecule has 27 heavy (non-hydrogen) atoms. The number of nitro groups is 2. The third-order valence-corrected chi connectivity index (χ3v) is 3.92. The first-order valence-corrected chi connectivity index (χ1v) is 7.62. The fourth-order valence-corrected chi connectivity index (χ4v) is 2.55. The van der Waals surface area contributed by atoms with Gasteiger partial charge in [-0.3, -0.25) is 25.0 Å². The molecule has 1 amide bonds. The molecule has 0 unspecified atom stereocenters. The van der Waals surface area contributed by atoms with Crippen molar-refractivity contribution < 1.29 is 19.1 Å². The highest BCUT2D eigenvalue weighted by Crippen LogP contribution is 2.26. The van der Waals surface area contributed by atoms with Crippen molar-refractivity contribution in [1.29, 1.82) is 0 Å². The first-order chi connectivity index (χ1) is 12.8. The van der Waals surface area contributed by atoms with Crippen molar-refractivity contribution in [2.24, 2.45) is 0 Å². The molecule has 1 N–H and O–H groups in total. The minimum absolute atomic E-state index is 0.0566. The Kier molecular flexibility index (Phi) is 4.57. The minimum atomic E-state index is -1.02. The molecule has 0 saturated heterocycles. The van der Waals surface area contributed by atoms with E-state index in [1.165, 1.54) is 30.3 Å². The van der Waals surface area contributed by atoms with Crippen LogP contribution in [0.3, 0.4) is 0 Å². The second-order valence-corrected chi connectivity index (χ2v) is 5.68. The Hall–Kier alpha value is -3.79. The molecule has 0 atom stereocenters. The molecule has 0 aliphatic heterocycles. The van der Waals surface area contributed by atoms with Gasteiger partial charge in [-0.25, -0.2) is 4.79 Å². The van der Waals surface area contributed by atoms with Gasteiger partial charge >= 0.3 is 11.3 Å². The maximum Gasteiger partial charge on any atom is 0.360 e. The predicted molar refractivity (Wildman–Crippen MR) is 95.2 cm³/mol. The Morgan fingerprint density at radius 3 is 2.48 bits per heavy atom. The fourth-order valence-electron chi connectivity index (χ4n) is 2.35. The Labute approximate surface area is 154 Å². The Balaban J connectivity index is 2.02. The number of hydrogen-bond acceptors (Lipinski definition) is 7. The molecule has 3 aromatic rings. The molecular weight excluding hydrogens is 382 g/mol. The van der Waals surface area contributed by atoms with Crippen LogP contribution in [-0.2, 0) is 0 Å². The van der Waals surface area contributed by atoms with Crippen LogP contribution in [0.2, 0.25) is 5.02 Å². The zero-order valence-corrected chi connectivity index (χ0v) is 13.9. The number of nitrogens with zero attached hydrogens (tertiary/aromatic N) is 2. The molecule has 0 bridgehead atoms. The molecule has 3 rings (SSSR count). The third kappa shape index (κ3) is 3.46. The van der Waals surface area contributed by atoms with E-state index in [1.54, 1.807) is 0 Å². The van der Waals surface area contributed by atoms with Crippen LogP contribution >= 0.6 is 11.6 Å². The van der Waals surface area contributed by atoms with Gasteiger partial charge in [0.1, 0.15) is 5.69 Å². The van der Waals surface area contributed by atoms with E-state index < -0.39 is 27.1 Å². The van der Waals surface area contributed by atoms with E-state index >= 15 is 0 Å². The highest BCUT2D eigenvalue weighted by atomic mass is 35.5. The number of benzene rings is 2. The van der Waals surface area contributed by atoms with Gasteiger partial charge < -0.3 is 9.73 Å². The van der Waals surface area contributed by atoms with E-state index in [1.807, 2.05) is 0 Å². The van der Waals surface area contributed by atoms with Crippen molar-refractivity contribution in [2.75, 3.05) is 5.32 Å². The van der Waals surface area contributed by atoms with Crippen LogP contribution in [0.5, 0.6) is 0 Å². The highest BCUT2D eigenvalue weighted by molar-refractivity contribution is 6.34. The fraction of sp³-hybridized carbons (Fsp3) is 0. The number of fused-ring (bicyclic) bond motifs is 1. The van der Waals surface area contributed by atoms with Crippen LogP contribution in [-0.4, -0.2) is 15.8 Å². The van der Waals surface area contributed by atoms with Crippen LogP contribution in [0.25, 0.3) is 11.0 Å². The number of nitro benzene ring substituents is 2. The Morgan fingerprint density at radius 2 is 1.81 bits per heavy atom. The number of para-hydroxylation sites is 1. The van der Waals surface area contributed by atoms with E-state index in [9.17, 15) is 29.8 Å². The summed E-state index contributed by atoms with van der Waals surface area (Å²) >= 11 is 5.89. The van der Waals surface area contributed by atoms with Crippen molar-refractivity contribution >= 4 is 45.5 Å². The predicted octanol–water partition coefficient (Wildman–Crippen LogP) is 3.52. The van der Waals surface area contributed by atoms with Crippen molar-refractivity contribution in [3.8, 4) is 0 Å². The van der Waals surface area contributed by atoms with E-state index in [0.29, 0.717) is 0 Å². The molecule has 2 aromatic carbocycles. The smallest absolute Gasteiger partial charge is 0.360 e. The Bertz CT molecular complexity index is 1170. The van der Waals surface area contributed by atoms with E-state index in [0.717, 1.165) is 12.1 Å². The SMILES string of the molecule is O=C(Nc1cc2cccc([N+](=O)[O-])c2oc1=O)c1cc([N+](=O)[O-])ccc1Cl. The van der Waals surface area contributed by atoms with Gasteiger partial charge in [-0.2, -0.15) is 0 Å². The number of amides is 1. The number of halogens is 1. The summed E-state index contributed by atoms with van der Waals surface area (Å²) in [5.74, 6) is -0.874. The normalized spacial score (nSPS) is 10.6. The van der Waals surface area contributed by atoms with Gasteiger partial charge in [0.05, 0.1) is 20.4 Å². The van der Waals surface area contributed by atoms with Crippen LogP contribution < -0.4 is 10.9 Å². The lowest BCUT2D eigenvalue weighted by molar-refractivity contribution is -0.384. The summed E-state index contributed by atoms with van der Waals surface area (Å²) in [5, 5.41) is 24.3. The van der Waals surface area contributed by atoms with Crippen LogP contribution in [0.15, 0.2) is 51.7 Å². The molecule has 0 aliphatic carbocycles. The van der Waals surface area contributed by atoms with Crippen molar-refractivity contribution in [2.45, 2.75) is 0 Å². The maximum absolute atomic E-state index is 12.4. The monoisotopic (exact) mass is 389 g/mol. The maximum atomic E-state index is 12.4. The standard InChI is InChI=1S/C16H8ClN3O7/c17-11-5-4-9(19(23)24)7-10(11)15(21)18-12-6-8-2-1-3-13(20(25)26)14(8)27-16(12)22/h1-7H,(H,18,21). The molecule has 10 nitrogen and oxygen atoms in total. The number of carbonyl (C=O) groups is 1. The van der Waals surface area contributed by atoms with Gasteiger partial charge in [0, 0.05) is 23.6 Å². The number of carbonyl (C=O) groups excluding carboxylic acids is 1. The number of anilines is 1. The Morgan fingerprint density at radius 1 is 1.07 bits per heavy atom. The molecule has 0 aliphatic rings. The summed E-state index contributed by atoms with van der Waals surface area (Å²) < 4.78 is 4.96. The summed E-state index contributed by atoms with van der Waals surface area (Å²) in [5.41, 5.74) is -2.53. The summed E-state index contributed by atoms with van der Waals surface area (Å²) in [4.78, 5) is 44.9. The van der Waals surface area contributed by atoms with E-state index in [-0.39, 0.29) is 32.9 Å². The lowest BCUT2D eigenvalue weighted by Crippen LogP contribution is -2.18. The first kappa shape index (κ1) is 18.0. The second-order valence-electron chi connectivity index (χ2n) is 5.28. The van der Waals surface area contributed by atoms with Gasteiger partial charge in [-0.05, 0) is 12.1 Å². The molecule has 1 aromatic heterocycles. The lowest BCUT2D eigenvalue weighted by atomic mass is 10.1. The summed E-state index contributed by atoms with van der Waals surface area (Å²) in [6.07, 6.45) is 0. The quantitative estimate of drug-likeness (QED) is 0.408. The molecule has 136 valence electrons. The van der Waals surface area contributed by atoms with E-state index in [2.05, 4.69) is 5.32 Å². The van der Waals surface area contributed by atoms with Gasteiger partial charge in [-0.1, -0.05) is 23.7 Å².